The quantitative estimate of drug-likeness (QED) is 0.323. The van der Waals surface area contributed by atoms with Gasteiger partial charge in [-0.25, -0.2) is 9.37 Å². The van der Waals surface area contributed by atoms with E-state index in [-0.39, 0.29) is 17.5 Å². The first-order valence-corrected chi connectivity index (χ1v) is 14.3. The zero-order chi connectivity index (χ0) is 28.1. The molecule has 2 amide bonds. The Morgan fingerprint density at radius 3 is 2.80 bits per heavy atom. The van der Waals surface area contributed by atoms with Crippen molar-refractivity contribution in [3.63, 3.8) is 0 Å². The van der Waals surface area contributed by atoms with Crippen LogP contribution in [0.25, 0.3) is 31.8 Å². The van der Waals surface area contributed by atoms with E-state index in [1.54, 1.807) is 46.4 Å². The van der Waals surface area contributed by atoms with Gasteiger partial charge in [0.2, 0.25) is 0 Å². The molecule has 1 atom stereocenters. The summed E-state index contributed by atoms with van der Waals surface area (Å²) in [6.07, 6.45) is 5.05. The van der Waals surface area contributed by atoms with Crippen LogP contribution in [0.1, 0.15) is 39.1 Å². The van der Waals surface area contributed by atoms with Crippen molar-refractivity contribution in [1.29, 1.82) is 0 Å². The van der Waals surface area contributed by atoms with Crippen molar-refractivity contribution in [3.05, 3.63) is 83.4 Å². The van der Waals surface area contributed by atoms with Crippen LogP contribution in [0, 0.1) is 5.82 Å². The minimum absolute atomic E-state index is 0.0258. The van der Waals surface area contributed by atoms with Gasteiger partial charge >= 0.3 is 0 Å². The average molecular weight is 568 g/mol. The largest absolute Gasteiger partial charge is 0.348 e. The van der Waals surface area contributed by atoms with Gasteiger partial charge in [0.1, 0.15) is 17.3 Å². The number of hydrogen-bond donors (Lipinski definition) is 2. The highest BCUT2D eigenvalue weighted by atomic mass is 32.1. The zero-order valence-corrected chi connectivity index (χ0v) is 23.0. The lowest BCUT2D eigenvalue weighted by atomic mass is 10.0. The first-order chi connectivity index (χ1) is 20.0. The number of halogens is 1. The fraction of sp³-hybridized carbons (Fsp3) is 0.233. The summed E-state index contributed by atoms with van der Waals surface area (Å²) in [6, 6.07) is 14.2. The van der Waals surface area contributed by atoms with Gasteiger partial charge in [-0.15, -0.1) is 16.4 Å². The molecule has 1 saturated heterocycles. The Balaban J connectivity index is 1.30. The molecule has 3 aromatic heterocycles. The van der Waals surface area contributed by atoms with E-state index in [2.05, 4.69) is 25.9 Å². The predicted molar refractivity (Wildman–Crippen MR) is 155 cm³/mol. The molecule has 0 radical (unpaired) electrons. The van der Waals surface area contributed by atoms with Gasteiger partial charge in [0.05, 0.1) is 17.8 Å². The second-order valence-electron chi connectivity index (χ2n) is 10.4. The standard InChI is InChI=1S/C30H26FN7O2S/c1-37-16-25(35-36-37)17-6-7-21(24(31)12-17)30(40)38(20-3-2-9-32-15-20)28-23-13-27(41-26(23)8-10-33-28)18-4-5-19-14-34-29(39)22(19)11-18/h4-8,10-13,16,20,32H,2-3,9,14-15H2,1H3,(H,34,39)/t20-/m1/s1. The Bertz CT molecular complexity index is 1820. The highest BCUT2D eigenvalue weighted by Crippen LogP contribution is 2.39. The number of aryl methyl sites for hydroxylation is 1. The minimum Gasteiger partial charge on any atom is -0.348 e. The van der Waals surface area contributed by atoms with Crippen molar-refractivity contribution in [2.75, 3.05) is 18.0 Å². The molecule has 5 aromatic rings. The van der Waals surface area contributed by atoms with Crippen LogP contribution in [0.15, 0.2) is 60.9 Å². The van der Waals surface area contributed by atoms with Crippen molar-refractivity contribution in [2.45, 2.75) is 25.4 Å². The normalized spacial score (nSPS) is 16.5. The van der Waals surface area contributed by atoms with Gasteiger partial charge in [-0.3, -0.25) is 19.2 Å². The molecule has 2 N–H and O–H groups in total. The molecular weight excluding hydrogens is 541 g/mol. The van der Waals surface area contributed by atoms with Gasteiger partial charge in [0, 0.05) is 52.4 Å². The van der Waals surface area contributed by atoms with E-state index in [4.69, 9.17) is 0 Å². The Hall–Kier alpha value is -4.48. The minimum atomic E-state index is -0.624. The number of hydrogen-bond acceptors (Lipinski definition) is 7. The predicted octanol–water partition coefficient (Wildman–Crippen LogP) is 4.54. The lowest BCUT2D eigenvalue weighted by Gasteiger charge is -2.34. The highest BCUT2D eigenvalue weighted by Gasteiger charge is 2.32. The second-order valence-corrected chi connectivity index (χ2v) is 11.4. The molecule has 2 aromatic carbocycles. The third kappa shape index (κ3) is 4.56. The van der Waals surface area contributed by atoms with Crippen LogP contribution in [0.5, 0.6) is 0 Å². The van der Waals surface area contributed by atoms with E-state index in [0.29, 0.717) is 35.7 Å². The van der Waals surface area contributed by atoms with Crippen molar-refractivity contribution < 1.29 is 14.0 Å². The maximum atomic E-state index is 15.5. The molecule has 0 aliphatic carbocycles. The molecule has 206 valence electrons. The summed E-state index contributed by atoms with van der Waals surface area (Å²) in [5.74, 6) is -0.635. The van der Waals surface area contributed by atoms with Gasteiger partial charge < -0.3 is 10.6 Å². The van der Waals surface area contributed by atoms with Crippen molar-refractivity contribution in [3.8, 4) is 21.7 Å². The van der Waals surface area contributed by atoms with Crippen molar-refractivity contribution in [1.82, 2.24) is 30.6 Å². The topological polar surface area (TPSA) is 105 Å². The van der Waals surface area contributed by atoms with E-state index in [1.165, 1.54) is 12.1 Å². The Morgan fingerprint density at radius 1 is 1.15 bits per heavy atom. The molecule has 2 aliphatic rings. The van der Waals surface area contributed by atoms with Crippen LogP contribution in [0.3, 0.4) is 0 Å². The maximum absolute atomic E-state index is 15.5. The van der Waals surface area contributed by atoms with E-state index >= 15 is 4.39 Å². The number of rotatable bonds is 5. The van der Waals surface area contributed by atoms with Gasteiger partial charge in [0.25, 0.3) is 11.8 Å². The third-order valence-electron chi connectivity index (χ3n) is 7.68. The van der Waals surface area contributed by atoms with Crippen LogP contribution < -0.4 is 15.5 Å². The van der Waals surface area contributed by atoms with E-state index < -0.39 is 11.7 Å². The Labute approximate surface area is 239 Å². The Morgan fingerprint density at radius 2 is 2.02 bits per heavy atom. The first-order valence-electron chi connectivity index (χ1n) is 13.5. The highest BCUT2D eigenvalue weighted by molar-refractivity contribution is 7.22. The number of fused-ring (bicyclic) bond motifs is 2. The molecular formula is C30H26FN7O2S. The fourth-order valence-electron chi connectivity index (χ4n) is 5.59. The summed E-state index contributed by atoms with van der Waals surface area (Å²) in [7, 11) is 1.74. The molecule has 2 aliphatic heterocycles. The van der Waals surface area contributed by atoms with Crippen LogP contribution in [0.2, 0.25) is 0 Å². The number of pyridine rings is 1. The van der Waals surface area contributed by atoms with Crippen molar-refractivity contribution >= 4 is 39.1 Å². The Kier molecular flexibility index (Phi) is 6.32. The summed E-state index contributed by atoms with van der Waals surface area (Å²) in [5.41, 5.74) is 3.64. The van der Waals surface area contributed by atoms with E-state index in [9.17, 15) is 9.59 Å². The number of benzene rings is 2. The smallest absolute Gasteiger partial charge is 0.262 e. The molecule has 41 heavy (non-hydrogen) atoms. The lowest BCUT2D eigenvalue weighted by Crippen LogP contribution is -2.49. The van der Waals surface area contributed by atoms with E-state index in [1.807, 2.05) is 30.3 Å². The lowest BCUT2D eigenvalue weighted by molar-refractivity contribution is 0.0958. The second kappa shape index (κ2) is 10.2. The fourth-order valence-corrected chi connectivity index (χ4v) is 6.64. The first kappa shape index (κ1) is 25.5. The van der Waals surface area contributed by atoms with Gasteiger partial charge in [-0.1, -0.05) is 23.4 Å². The summed E-state index contributed by atoms with van der Waals surface area (Å²) in [4.78, 5) is 33.7. The molecule has 1 fully saturated rings. The van der Waals surface area contributed by atoms with Crippen LogP contribution in [0.4, 0.5) is 10.2 Å². The average Bonchev–Trinajstić information content (AvgIpc) is 3.72. The zero-order valence-electron chi connectivity index (χ0n) is 22.2. The van der Waals surface area contributed by atoms with Gasteiger partial charge in [-0.2, -0.15) is 0 Å². The summed E-state index contributed by atoms with van der Waals surface area (Å²) >= 11 is 1.57. The molecule has 7 rings (SSSR count). The number of piperidine rings is 1. The number of carbonyl (C=O) groups excluding carboxylic acids is 2. The molecule has 11 heteroatoms. The molecule has 5 heterocycles. The summed E-state index contributed by atoms with van der Waals surface area (Å²) in [6.45, 7) is 1.99. The van der Waals surface area contributed by atoms with Gasteiger partial charge in [-0.05, 0) is 60.8 Å². The number of nitrogens with one attached hydrogen (secondary N) is 2. The molecule has 0 unspecified atom stereocenters. The number of thiophene rings is 1. The SMILES string of the molecule is Cn1cc(-c2ccc(C(=O)N(c3nccc4sc(-c5ccc6c(c5)C(=O)NC6)cc34)[C@@H]3CCCNC3)c(F)c2)nn1. The van der Waals surface area contributed by atoms with Crippen LogP contribution >= 0.6 is 11.3 Å². The monoisotopic (exact) mass is 567 g/mol. The number of nitrogens with zero attached hydrogens (tertiary/aromatic N) is 5. The molecule has 0 bridgehead atoms. The maximum Gasteiger partial charge on any atom is 0.262 e. The number of aromatic nitrogens is 4. The van der Waals surface area contributed by atoms with Crippen LogP contribution in [-0.4, -0.2) is 50.9 Å². The number of carbonyl (C=O) groups is 2. The number of amides is 2. The van der Waals surface area contributed by atoms with Crippen LogP contribution in [-0.2, 0) is 13.6 Å². The third-order valence-corrected chi connectivity index (χ3v) is 8.83. The summed E-state index contributed by atoms with van der Waals surface area (Å²) in [5, 5.41) is 15.0. The van der Waals surface area contributed by atoms with E-state index in [0.717, 1.165) is 45.5 Å². The molecule has 9 nitrogen and oxygen atoms in total. The van der Waals surface area contributed by atoms with Crippen molar-refractivity contribution in [2.24, 2.45) is 7.05 Å². The molecule has 0 spiro atoms. The number of anilines is 1. The summed E-state index contributed by atoms with van der Waals surface area (Å²) < 4.78 is 18.0. The van der Waals surface area contributed by atoms with Gasteiger partial charge in [0.15, 0.2) is 0 Å². The molecule has 0 saturated carbocycles.